The standard InChI is InChI=1S/C19H15FN2O3/c1-24-17-10-15(7-8-16(17)18-11-21-12-25-18)22-19(23)9-4-13-2-5-14(20)6-3-13/h2-12H,1H3,(H,22,23). The number of oxazole rings is 1. The molecule has 0 saturated heterocycles. The first-order chi connectivity index (χ1) is 12.2. The average Bonchev–Trinajstić information content (AvgIpc) is 3.15. The van der Waals surface area contributed by atoms with Crippen LogP contribution in [0.4, 0.5) is 10.1 Å². The number of methoxy groups -OCH3 is 1. The molecule has 2 aromatic carbocycles. The van der Waals surface area contributed by atoms with E-state index in [9.17, 15) is 9.18 Å². The van der Waals surface area contributed by atoms with Crippen molar-refractivity contribution in [2.75, 3.05) is 12.4 Å². The average molecular weight is 338 g/mol. The van der Waals surface area contributed by atoms with Crippen LogP contribution in [0.15, 0.2) is 65.5 Å². The fourth-order valence-corrected chi connectivity index (χ4v) is 2.25. The number of carbonyl (C=O) groups is 1. The number of benzene rings is 2. The summed E-state index contributed by atoms with van der Waals surface area (Å²) >= 11 is 0. The fraction of sp³-hybridized carbons (Fsp3) is 0.0526. The molecule has 0 unspecified atom stereocenters. The van der Waals surface area contributed by atoms with Crippen LogP contribution in [-0.2, 0) is 4.79 Å². The first-order valence-electron chi connectivity index (χ1n) is 7.47. The molecule has 1 amide bonds. The zero-order valence-electron chi connectivity index (χ0n) is 13.4. The Bertz CT molecular complexity index is 888. The summed E-state index contributed by atoms with van der Waals surface area (Å²) in [7, 11) is 1.54. The second-order valence-electron chi connectivity index (χ2n) is 5.15. The Hall–Kier alpha value is -3.41. The smallest absolute Gasteiger partial charge is 0.248 e. The van der Waals surface area contributed by atoms with Gasteiger partial charge in [-0.1, -0.05) is 12.1 Å². The number of carbonyl (C=O) groups excluding carboxylic acids is 1. The number of nitrogens with zero attached hydrogens (tertiary/aromatic N) is 1. The molecular weight excluding hydrogens is 323 g/mol. The maximum Gasteiger partial charge on any atom is 0.248 e. The van der Waals surface area contributed by atoms with Crippen LogP contribution in [-0.4, -0.2) is 18.0 Å². The summed E-state index contributed by atoms with van der Waals surface area (Å²) in [5, 5.41) is 2.74. The minimum atomic E-state index is -0.319. The number of ether oxygens (including phenoxy) is 1. The number of anilines is 1. The third kappa shape index (κ3) is 4.11. The Morgan fingerprint density at radius 1 is 1.24 bits per heavy atom. The van der Waals surface area contributed by atoms with Crippen LogP contribution < -0.4 is 10.1 Å². The number of rotatable bonds is 5. The van der Waals surface area contributed by atoms with E-state index in [1.807, 2.05) is 0 Å². The monoisotopic (exact) mass is 338 g/mol. The maximum absolute atomic E-state index is 12.9. The van der Waals surface area contributed by atoms with Crippen molar-refractivity contribution in [1.29, 1.82) is 0 Å². The lowest BCUT2D eigenvalue weighted by molar-refractivity contribution is -0.111. The predicted octanol–water partition coefficient (Wildman–Crippen LogP) is 4.14. The molecule has 0 atom stereocenters. The van der Waals surface area contributed by atoms with Gasteiger partial charge in [-0.15, -0.1) is 0 Å². The highest BCUT2D eigenvalue weighted by Gasteiger charge is 2.10. The molecule has 0 aliphatic carbocycles. The minimum Gasteiger partial charge on any atom is -0.496 e. The van der Waals surface area contributed by atoms with Crippen LogP contribution in [0.1, 0.15) is 5.56 Å². The van der Waals surface area contributed by atoms with Crippen molar-refractivity contribution in [2.24, 2.45) is 0 Å². The van der Waals surface area contributed by atoms with Crippen LogP contribution >= 0.6 is 0 Å². The lowest BCUT2D eigenvalue weighted by Crippen LogP contribution is -2.07. The van der Waals surface area contributed by atoms with E-state index in [-0.39, 0.29) is 11.7 Å². The van der Waals surface area contributed by atoms with Crippen molar-refractivity contribution < 1.29 is 18.3 Å². The molecule has 0 aliphatic rings. The third-order valence-corrected chi connectivity index (χ3v) is 3.46. The summed E-state index contributed by atoms with van der Waals surface area (Å²) < 4.78 is 23.5. The van der Waals surface area contributed by atoms with E-state index < -0.39 is 0 Å². The summed E-state index contributed by atoms with van der Waals surface area (Å²) in [6, 6.07) is 11.1. The summed E-state index contributed by atoms with van der Waals surface area (Å²) in [5.74, 6) is 0.502. The van der Waals surface area contributed by atoms with Crippen LogP contribution in [0.5, 0.6) is 5.75 Å². The topological polar surface area (TPSA) is 64.4 Å². The summed E-state index contributed by atoms with van der Waals surface area (Å²) in [6.07, 6.45) is 5.91. The predicted molar refractivity (Wildman–Crippen MR) is 92.6 cm³/mol. The van der Waals surface area contributed by atoms with Crippen molar-refractivity contribution in [3.63, 3.8) is 0 Å². The highest BCUT2D eigenvalue weighted by Crippen LogP contribution is 2.32. The summed E-state index contributed by atoms with van der Waals surface area (Å²) in [4.78, 5) is 15.9. The lowest BCUT2D eigenvalue weighted by atomic mass is 10.1. The second-order valence-corrected chi connectivity index (χ2v) is 5.15. The van der Waals surface area contributed by atoms with Gasteiger partial charge in [0.15, 0.2) is 12.2 Å². The van der Waals surface area contributed by atoms with Gasteiger partial charge in [-0.05, 0) is 35.9 Å². The van der Waals surface area contributed by atoms with Gasteiger partial charge in [0.05, 0.1) is 18.9 Å². The summed E-state index contributed by atoms with van der Waals surface area (Å²) in [6.45, 7) is 0. The highest BCUT2D eigenvalue weighted by atomic mass is 19.1. The normalized spacial score (nSPS) is 10.8. The molecular formula is C19H15FN2O3. The molecule has 1 heterocycles. The number of aromatic nitrogens is 1. The van der Waals surface area contributed by atoms with Gasteiger partial charge in [-0.2, -0.15) is 0 Å². The molecule has 0 saturated carbocycles. The largest absolute Gasteiger partial charge is 0.496 e. The van der Waals surface area contributed by atoms with Gasteiger partial charge in [0.2, 0.25) is 5.91 Å². The molecule has 5 nitrogen and oxygen atoms in total. The Balaban J connectivity index is 1.72. The van der Waals surface area contributed by atoms with Crippen molar-refractivity contribution in [1.82, 2.24) is 4.98 Å². The number of amides is 1. The van der Waals surface area contributed by atoms with Crippen LogP contribution in [0, 0.1) is 5.82 Å². The Kier molecular flexibility index (Phi) is 4.89. The Morgan fingerprint density at radius 2 is 2.04 bits per heavy atom. The molecule has 6 heteroatoms. The Morgan fingerprint density at radius 3 is 2.72 bits per heavy atom. The van der Waals surface area contributed by atoms with E-state index in [1.165, 1.54) is 31.7 Å². The molecule has 25 heavy (non-hydrogen) atoms. The molecule has 0 aliphatic heterocycles. The number of nitrogens with one attached hydrogen (secondary N) is 1. The maximum atomic E-state index is 12.9. The van der Waals surface area contributed by atoms with Crippen molar-refractivity contribution in [2.45, 2.75) is 0 Å². The van der Waals surface area contributed by atoms with Gasteiger partial charge in [-0.25, -0.2) is 9.37 Å². The first kappa shape index (κ1) is 16.4. The highest BCUT2D eigenvalue weighted by molar-refractivity contribution is 6.02. The lowest BCUT2D eigenvalue weighted by Gasteiger charge is -2.09. The molecule has 3 rings (SSSR count). The van der Waals surface area contributed by atoms with E-state index in [2.05, 4.69) is 10.3 Å². The Labute approximate surface area is 143 Å². The molecule has 0 fully saturated rings. The molecule has 3 aromatic rings. The second kappa shape index (κ2) is 7.44. The van der Waals surface area contributed by atoms with E-state index in [0.29, 0.717) is 17.2 Å². The number of hydrogen-bond acceptors (Lipinski definition) is 4. The van der Waals surface area contributed by atoms with Crippen LogP contribution in [0.3, 0.4) is 0 Å². The van der Waals surface area contributed by atoms with Crippen molar-refractivity contribution in [3.05, 3.63) is 72.5 Å². The fourth-order valence-electron chi connectivity index (χ4n) is 2.25. The summed E-state index contributed by atoms with van der Waals surface area (Å²) in [5.41, 5.74) is 2.04. The quantitative estimate of drug-likeness (QED) is 0.710. The number of hydrogen-bond donors (Lipinski definition) is 1. The van der Waals surface area contributed by atoms with Gasteiger partial charge in [0, 0.05) is 17.8 Å². The minimum absolute atomic E-state index is 0.307. The van der Waals surface area contributed by atoms with Crippen LogP contribution in [0.2, 0.25) is 0 Å². The van der Waals surface area contributed by atoms with E-state index in [0.717, 1.165) is 11.1 Å². The van der Waals surface area contributed by atoms with Crippen molar-refractivity contribution >= 4 is 17.7 Å². The molecule has 0 spiro atoms. The molecule has 1 aromatic heterocycles. The number of halogens is 1. The van der Waals surface area contributed by atoms with Gasteiger partial charge < -0.3 is 14.5 Å². The molecule has 0 radical (unpaired) electrons. The van der Waals surface area contributed by atoms with Gasteiger partial charge in [0.25, 0.3) is 0 Å². The third-order valence-electron chi connectivity index (χ3n) is 3.46. The van der Waals surface area contributed by atoms with Crippen LogP contribution in [0.25, 0.3) is 17.4 Å². The molecule has 0 bridgehead atoms. The molecule has 1 N–H and O–H groups in total. The zero-order chi connectivity index (χ0) is 17.6. The molecule has 126 valence electrons. The van der Waals surface area contributed by atoms with Gasteiger partial charge in [0.1, 0.15) is 11.6 Å². The van der Waals surface area contributed by atoms with E-state index in [1.54, 1.807) is 42.6 Å². The van der Waals surface area contributed by atoms with Gasteiger partial charge in [-0.3, -0.25) is 4.79 Å². The van der Waals surface area contributed by atoms with E-state index >= 15 is 0 Å². The zero-order valence-corrected chi connectivity index (χ0v) is 13.4. The first-order valence-corrected chi connectivity index (χ1v) is 7.47. The van der Waals surface area contributed by atoms with Gasteiger partial charge >= 0.3 is 0 Å². The SMILES string of the molecule is COc1cc(NC(=O)C=Cc2ccc(F)cc2)ccc1-c1cnco1. The van der Waals surface area contributed by atoms with Crippen molar-refractivity contribution in [3.8, 4) is 17.1 Å². The van der Waals surface area contributed by atoms with E-state index in [4.69, 9.17) is 9.15 Å².